The van der Waals surface area contributed by atoms with Crippen molar-refractivity contribution in [2.24, 2.45) is 0 Å². The summed E-state index contributed by atoms with van der Waals surface area (Å²) in [5.41, 5.74) is 3.24. The molecule has 0 unspecified atom stereocenters. The molecule has 1 fully saturated rings. The molecule has 4 heteroatoms. The lowest BCUT2D eigenvalue weighted by atomic mass is 9.84. The second-order valence-electron chi connectivity index (χ2n) is 7.73. The predicted molar refractivity (Wildman–Crippen MR) is 127 cm³/mol. The van der Waals surface area contributed by atoms with Crippen LogP contribution >= 0.6 is 27.7 Å². The first-order chi connectivity index (χ1) is 14.7. The Hall–Kier alpha value is -2.04. The molecule has 0 amide bonds. The Morgan fingerprint density at radius 1 is 0.867 bits per heavy atom. The molecule has 0 aliphatic heterocycles. The van der Waals surface area contributed by atoms with Gasteiger partial charge >= 0.3 is 5.97 Å². The largest absolute Gasteiger partial charge is 0.423 e. The van der Waals surface area contributed by atoms with Gasteiger partial charge in [-0.25, -0.2) is 4.79 Å². The van der Waals surface area contributed by atoms with E-state index in [1.54, 1.807) is 12.1 Å². The summed E-state index contributed by atoms with van der Waals surface area (Å²) in [6, 6.07) is 24.0. The van der Waals surface area contributed by atoms with Gasteiger partial charge in [0.05, 0.1) is 5.56 Å². The highest BCUT2D eigenvalue weighted by Gasteiger charge is 2.15. The number of esters is 1. The number of halogens is 1. The van der Waals surface area contributed by atoms with E-state index in [4.69, 9.17) is 4.74 Å². The molecule has 2 nitrogen and oxygen atoms in total. The van der Waals surface area contributed by atoms with Crippen LogP contribution in [-0.4, -0.2) is 5.97 Å². The van der Waals surface area contributed by atoms with Gasteiger partial charge in [0.25, 0.3) is 0 Å². The Morgan fingerprint density at radius 3 is 2.20 bits per heavy atom. The summed E-state index contributed by atoms with van der Waals surface area (Å²) in [6.07, 6.45) is 6.80. The smallest absolute Gasteiger partial charge is 0.343 e. The summed E-state index contributed by atoms with van der Waals surface area (Å²) >= 11 is 5.20. The van der Waals surface area contributed by atoms with Crippen LogP contribution in [0.1, 0.15) is 59.5 Å². The number of hydrogen-bond acceptors (Lipinski definition) is 3. The van der Waals surface area contributed by atoms with E-state index in [9.17, 15) is 4.79 Å². The van der Waals surface area contributed by atoms with Crippen molar-refractivity contribution >= 4 is 33.7 Å². The second-order valence-corrected chi connectivity index (χ2v) is 9.70. The highest BCUT2D eigenvalue weighted by atomic mass is 79.9. The first-order valence-electron chi connectivity index (χ1n) is 10.5. The fourth-order valence-corrected chi connectivity index (χ4v) is 4.96. The van der Waals surface area contributed by atoms with Gasteiger partial charge in [-0.3, -0.25) is 0 Å². The van der Waals surface area contributed by atoms with E-state index in [0.717, 1.165) is 16.1 Å². The van der Waals surface area contributed by atoms with Crippen LogP contribution in [0.25, 0.3) is 0 Å². The van der Waals surface area contributed by atoms with Gasteiger partial charge < -0.3 is 4.74 Å². The average Bonchev–Trinajstić information content (AvgIpc) is 2.80. The average molecular weight is 481 g/mol. The maximum Gasteiger partial charge on any atom is 0.343 e. The Bertz CT molecular complexity index is 959. The number of carbonyl (C=O) groups is 1. The zero-order chi connectivity index (χ0) is 20.8. The lowest BCUT2D eigenvalue weighted by Gasteiger charge is -2.22. The Kier molecular flexibility index (Phi) is 7.29. The lowest BCUT2D eigenvalue weighted by molar-refractivity contribution is 0.0734. The first-order valence-corrected chi connectivity index (χ1v) is 12.2. The molecule has 3 aromatic carbocycles. The van der Waals surface area contributed by atoms with E-state index < -0.39 is 0 Å². The molecule has 0 atom stereocenters. The van der Waals surface area contributed by atoms with E-state index in [1.807, 2.05) is 48.2 Å². The standard InChI is InChI=1S/C26H25BrO2S/c27-23-12-14-24(15-13-23)29-26(28)22-8-6-19(7-9-22)18-30-25-16-10-21(11-17-25)20-4-2-1-3-5-20/h6-17,20H,1-5,18H2. The summed E-state index contributed by atoms with van der Waals surface area (Å²) in [5.74, 6) is 1.84. The van der Waals surface area contributed by atoms with Crippen LogP contribution in [0, 0.1) is 0 Å². The third-order valence-corrected chi connectivity index (χ3v) is 7.19. The van der Waals surface area contributed by atoms with Gasteiger partial charge in [0.2, 0.25) is 0 Å². The Morgan fingerprint density at radius 2 is 1.53 bits per heavy atom. The molecular weight excluding hydrogens is 456 g/mol. The lowest BCUT2D eigenvalue weighted by Crippen LogP contribution is -2.08. The van der Waals surface area contributed by atoms with Crippen LogP contribution in [-0.2, 0) is 5.75 Å². The van der Waals surface area contributed by atoms with Crippen LogP contribution in [0.3, 0.4) is 0 Å². The van der Waals surface area contributed by atoms with Crippen molar-refractivity contribution in [1.82, 2.24) is 0 Å². The van der Waals surface area contributed by atoms with Crippen LogP contribution in [0.2, 0.25) is 0 Å². The fraction of sp³-hybridized carbons (Fsp3) is 0.269. The normalized spacial score (nSPS) is 14.4. The van der Waals surface area contributed by atoms with Crippen LogP contribution in [0.15, 0.2) is 82.2 Å². The van der Waals surface area contributed by atoms with Crippen molar-refractivity contribution in [3.63, 3.8) is 0 Å². The molecule has 1 saturated carbocycles. The van der Waals surface area contributed by atoms with E-state index >= 15 is 0 Å². The number of ether oxygens (including phenoxy) is 1. The summed E-state index contributed by atoms with van der Waals surface area (Å²) in [6.45, 7) is 0. The van der Waals surface area contributed by atoms with Gasteiger partial charge in [-0.05, 0) is 78.4 Å². The third kappa shape index (κ3) is 5.77. The molecule has 1 aliphatic rings. The van der Waals surface area contributed by atoms with Gasteiger partial charge in [-0.15, -0.1) is 11.8 Å². The zero-order valence-corrected chi connectivity index (χ0v) is 19.3. The molecule has 1 aliphatic carbocycles. The topological polar surface area (TPSA) is 26.3 Å². The van der Waals surface area contributed by atoms with Crippen LogP contribution in [0.5, 0.6) is 5.75 Å². The molecule has 0 aromatic heterocycles. The van der Waals surface area contributed by atoms with Crippen molar-refractivity contribution in [3.8, 4) is 5.75 Å². The monoisotopic (exact) mass is 480 g/mol. The number of carbonyl (C=O) groups excluding carboxylic acids is 1. The summed E-state index contributed by atoms with van der Waals surface area (Å²) in [7, 11) is 0. The molecule has 0 spiro atoms. The maximum atomic E-state index is 12.3. The minimum absolute atomic E-state index is 0.338. The maximum absolute atomic E-state index is 12.3. The molecular formula is C26H25BrO2S. The highest BCUT2D eigenvalue weighted by molar-refractivity contribution is 9.10. The van der Waals surface area contributed by atoms with Gasteiger partial charge in [0.1, 0.15) is 5.75 Å². The van der Waals surface area contributed by atoms with Crippen LogP contribution < -0.4 is 4.74 Å². The zero-order valence-electron chi connectivity index (χ0n) is 16.9. The van der Waals surface area contributed by atoms with Crippen molar-refractivity contribution in [2.45, 2.75) is 48.7 Å². The van der Waals surface area contributed by atoms with E-state index in [0.29, 0.717) is 11.3 Å². The minimum Gasteiger partial charge on any atom is -0.423 e. The molecule has 0 radical (unpaired) electrons. The van der Waals surface area contributed by atoms with E-state index in [1.165, 1.54) is 48.1 Å². The Labute approximate surface area is 191 Å². The molecule has 154 valence electrons. The van der Waals surface area contributed by atoms with Gasteiger partial charge in [-0.1, -0.05) is 59.5 Å². The van der Waals surface area contributed by atoms with Crippen LogP contribution in [0.4, 0.5) is 0 Å². The summed E-state index contributed by atoms with van der Waals surface area (Å²) in [5, 5.41) is 0. The molecule has 0 N–H and O–H groups in total. The van der Waals surface area contributed by atoms with Gasteiger partial charge in [0, 0.05) is 15.1 Å². The van der Waals surface area contributed by atoms with E-state index in [2.05, 4.69) is 40.2 Å². The fourth-order valence-electron chi connectivity index (χ4n) is 3.84. The predicted octanol–water partition coefficient (Wildman–Crippen LogP) is 8.01. The molecule has 4 rings (SSSR count). The molecule has 0 bridgehead atoms. The molecule has 30 heavy (non-hydrogen) atoms. The number of thioether (sulfide) groups is 1. The molecule has 3 aromatic rings. The van der Waals surface area contributed by atoms with Crippen molar-refractivity contribution in [2.75, 3.05) is 0 Å². The van der Waals surface area contributed by atoms with E-state index in [-0.39, 0.29) is 5.97 Å². The first kappa shape index (κ1) is 21.2. The Balaban J connectivity index is 1.30. The van der Waals surface area contributed by atoms with Crippen molar-refractivity contribution in [3.05, 3.63) is 94.0 Å². The number of hydrogen-bond donors (Lipinski definition) is 0. The highest BCUT2D eigenvalue weighted by Crippen LogP contribution is 2.33. The van der Waals surface area contributed by atoms with Crippen molar-refractivity contribution < 1.29 is 9.53 Å². The van der Waals surface area contributed by atoms with Gasteiger partial charge in [-0.2, -0.15) is 0 Å². The molecule has 0 heterocycles. The summed E-state index contributed by atoms with van der Waals surface area (Å²) in [4.78, 5) is 13.6. The molecule has 0 saturated heterocycles. The van der Waals surface area contributed by atoms with Gasteiger partial charge in [0.15, 0.2) is 0 Å². The number of rotatable bonds is 6. The summed E-state index contributed by atoms with van der Waals surface area (Å²) < 4.78 is 6.37. The third-order valence-electron chi connectivity index (χ3n) is 5.58. The second kappa shape index (κ2) is 10.3. The number of benzene rings is 3. The van der Waals surface area contributed by atoms with Crippen molar-refractivity contribution in [1.29, 1.82) is 0 Å². The minimum atomic E-state index is -0.338. The SMILES string of the molecule is O=C(Oc1ccc(Br)cc1)c1ccc(CSc2ccc(C3CCCCC3)cc2)cc1. The quantitative estimate of drug-likeness (QED) is 0.203.